The molecule has 72 valence electrons. The van der Waals surface area contributed by atoms with Crippen molar-refractivity contribution in [3.05, 3.63) is 17.4 Å². The van der Waals surface area contributed by atoms with Gasteiger partial charge in [0.25, 0.3) is 0 Å². The van der Waals surface area contributed by atoms with Crippen LogP contribution >= 0.6 is 0 Å². The maximum atomic E-state index is 11.0. The molecule has 0 unspecified atom stereocenters. The van der Waals surface area contributed by atoms with Crippen LogP contribution in [0.4, 0.5) is 0 Å². The maximum absolute atomic E-state index is 11.0. The quantitative estimate of drug-likeness (QED) is 0.282. The molecule has 0 amide bonds. The second kappa shape index (κ2) is 4.64. The van der Waals surface area contributed by atoms with E-state index in [1.807, 2.05) is 0 Å². The van der Waals surface area contributed by atoms with E-state index in [4.69, 9.17) is 0 Å². The van der Waals surface area contributed by atoms with Gasteiger partial charge in [-0.2, -0.15) is 0 Å². The third-order valence-corrected chi connectivity index (χ3v) is 2.03. The van der Waals surface area contributed by atoms with Crippen LogP contribution in [0, 0.1) is 5.21 Å². The zero-order chi connectivity index (χ0) is 9.68. The SMILES string of the molecule is COC(=O)/C=C/C[C@H]1CCC=[N+]1[O-]. The van der Waals surface area contributed by atoms with Gasteiger partial charge in [0.15, 0.2) is 12.3 Å². The van der Waals surface area contributed by atoms with Gasteiger partial charge in [-0.25, -0.2) is 9.53 Å². The van der Waals surface area contributed by atoms with E-state index in [1.54, 1.807) is 12.3 Å². The van der Waals surface area contributed by atoms with Crippen molar-refractivity contribution in [2.24, 2.45) is 0 Å². The van der Waals surface area contributed by atoms with Crippen molar-refractivity contribution in [2.45, 2.75) is 25.3 Å². The first-order valence-electron chi connectivity index (χ1n) is 4.27. The van der Waals surface area contributed by atoms with Gasteiger partial charge in [0.2, 0.25) is 0 Å². The van der Waals surface area contributed by atoms with E-state index in [2.05, 4.69) is 4.74 Å². The Kier molecular flexibility index (Phi) is 3.49. The largest absolute Gasteiger partial charge is 0.624 e. The minimum Gasteiger partial charge on any atom is -0.624 e. The monoisotopic (exact) mass is 183 g/mol. The van der Waals surface area contributed by atoms with Crippen LogP contribution in [-0.4, -0.2) is 30.1 Å². The van der Waals surface area contributed by atoms with E-state index in [0.29, 0.717) is 6.42 Å². The van der Waals surface area contributed by atoms with Gasteiger partial charge in [-0.15, -0.1) is 0 Å². The van der Waals surface area contributed by atoms with Crippen LogP contribution in [-0.2, 0) is 9.53 Å². The van der Waals surface area contributed by atoms with Crippen molar-refractivity contribution in [1.82, 2.24) is 0 Å². The van der Waals surface area contributed by atoms with Crippen molar-refractivity contribution < 1.29 is 14.3 Å². The highest BCUT2D eigenvalue weighted by Gasteiger charge is 2.19. The highest BCUT2D eigenvalue weighted by molar-refractivity contribution is 5.81. The second-order valence-electron chi connectivity index (χ2n) is 2.93. The standard InChI is InChI=1S/C9H13NO3/c1-13-9(11)6-2-4-8-5-3-7-10(8)12/h2,6-8H,3-5H2,1H3/b6-2+/t8-/m0/s1. The summed E-state index contributed by atoms with van der Waals surface area (Å²) in [4.78, 5) is 10.7. The third-order valence-electron chi connectivity index (χ3n) is 2.03. The lowest BCUT2D eigenvalue weighted by Crippen LogP contribution is -2.14. The van der Waals surface area contributed by atoms with Crippen LogP contribution in [0.15, 0.2) is 12.2 Å². The Labute approximate surface area is 77.1 Å². The number of rotatable bonds is 3. The van der Waals surface area contributed by atoms with Crippen molar-refractivity contribution in [1.29, 1.82) is 0 Å². The summed E-state index contributed by atoms with van der Waals surface area (Å²) in [6, 6.07) is 0.000839. The summed E-state index contributed by atoms with van der Waals surface area (Å²) in [6.07, 6.45) is 6.98. The van der Waals surface area contributed by atoms with E-state index in [9.17, 15) is 10.0 Å². The number of esters is 1. The maximum Gasteiger partial charge on any atom is 0.330 e. The first-order valence-corrected chi connectivity index (χ1v) is 4.27. The van der Waals surface area contributed by atoms with E-state index in [1.165, 1.54) is 13.2 Å². The molecular formula is C9H13NO3. The van der Waals surface area contributed by atoms with Crippen LogP contribution in [0.2, 0.25) is 0 Å². The Hall–Kier alpha value is -1.32. The highest BCUT2D eigenvalue weighted by Crippen LogP contribution is 2.11. The van der Waals surface area contributed by atoms with Gasteiger partial charge in [-0.05, 0) is 0 Å². The van der Waals surface area contributed by atoms with Crippen molar-refractivity contribution >= 4 is 12.2 Å². The number of hydroxylamine groups is 1. The smallest absolute Gasteiger partial charge is 0.330 e. The minimum atomic E-state index is -0.376. The van der Waals surface area contributed by atoms with E-state index in [-0.39, 0.29) is 12.0 Å². The Balaban J connectivity index is 2.30. The number of nitrogens with zero attached hydrogens (tertiary/aromatic N) is 1. The summed E-state index contributed by atoms with van der Waals surface area (Å²) in [5.74, 6) is -0.376. The van der Waals surface area contributed by atoms with Gasteiger partial charge in [0, 0.05) is 25.3 Å². The topological polar surface area (TPSA) is 52.4 Å². The molecule has 1 atom stereocenters. The van der Waals surface area contributed by atoms with Crippen LogP contribution < -0.4 is 0 Å². The second-order valence-corrected chi connectivity index (χ2v) is 2.93. The molecular weight excluding hydrogens is 170 g/mol. The third kappa shape index (κ3) is 2.89. The van der Waals surface area contributed by atoms with E-state index in [0.717, 1.165) is 17.6 Å². The molecule has 1 aliphatic heterocycles. The zero-order valence-corrected chi connectivity index (χ0v) is 7.60. The molecule has 1 aliphatic rings. The van der Waals surface area contributed by atoms with Gasteiger partial charge in [0.1, 0.15) is 0 Å². The predicted molar refractivity (Wildman–Crippen MR) is 48.5 cm³/mol. The first kappa shape index (κ1) is 9.77. The molecule has 0 bridgehead atoms. The Morgan fingerprint density at radius 1 is 1.85 bits per heavy atom. The molecule has 4 nitrogen and oxygen atoms in total. The molecule has 1 heterocycles. The van der Waals surface area contributed by atoms with E-state index >= 15 is 0 Å². The molecule has 0 saturated heterocycles. The van der Waals surface area contributed by atoms with Gasteiger partial charge in [0.05, 0.1) is 7.11 Å². The molecule has 0 aromatic rings. The molecule has 0 aromatic heterocycles. The Morgan fingerprint density at radius 3 is 3.15 bits per heavy atom. The van der Waals surface area contributed by atoms with Crippen LogP contribution in [0.25, 0.3) is 0 Å². The molecule has 0 aromatic carbocycles. The zero-order valence-electron chi connectivity index (χ0n) is 7.60. The summed E-state index contributed by atoms with van der Waals surface area (Å²) >= 11 is 0. The van der Waals surface area contributed by atoms with Crippen molar-refractivity contribution in [2.75, 3.05) is 7.11 Å². The molecule has 0 aliphatic carbocycles. The Bertz CT molecular complexity index is 245. The fourth-order valence-corrected chi connectivity index (χ4v) is 1.28. The fraction of sp³-hybridized carbons (Fsp3) is 0.556. The van der Waals surface area contributed by atoms with Crippen molar-refractivity contribution in [3.63, 3.8) is 0 Å². The summed E-state index contributed by atoms with van der Waals surface area (Å²) in [7, 11) is 1.33. The van der Waals surface area contributed by atoms with Crippen molar-refractivity contribution in [3.8, 4) is 0 Å². The molecule has 0 saturated carbocycles. The summed E-state index contributed by atoms with van der Waals surface area (Å²) < 4.78 is 5.38. The molecule has 0 radical (unpaired) electrons. The number of hydrogen-bond acceptors (Lipinski definition) is 3. The number of carbonyl (C=O) groups is 1. The molecule has 13 heavy (non-hydrogen) atoms. The molecule has 0 spiro atoms. The number of hydrogen-bond donors (Lipinski definition) is 0. The molecule has 0 fully saturated rings. The van der Waals surface area contributed by atoms with Crippen LogP contribution in [0.1, 0.15) is 19.3 Å². The molecule has 4 heteroatoms. The highest BCUT2D eigenvalue weighted by atomic mass is 16.5. The van der Waals surface area contributed by atoms with Gasteiger partial charge >= 0.3 is 5.97 Å². The van der Waals surface area contributed by atoms with E-state index < -0.39 is 0 Å². The first-order chi connectivity index (χ1) is 6.24. The lowest BCUT2D eigenvalue weighted by atomic mass is 10.1. The molecule has 0 N–H and O–H groups in total. The number of ether oxygens (including phenoxy) is 1. The lowest BCUT2D eigenvalue weighted by Gasteiger charge is -2.07. The summed E-state index contributed by atoms with van der Waals surface area (Å²) in [5, 5.41) is 11.0. The number of carbonyl (C=O) groups excluding carboxylic acids is 1. The fourth-order valence-electron chi connectivity index (χ4n) is 1.28. The normalized spacial score (nSPS) is 21.9. The minimum absolute atomic E-state index is 0.000839. The Morgan fingerprint density at radius 2 is 2.62 bits per heavy atom. The van der Waals surface area contributed by atoms with Crippen LogP contribution in [0.3, 0.4) is 0 Å². The predicted octanol–water partition coefficient (Wildman–Crippen LogP) is 0.849. The molecule has 1 rings (SSSR count). The average molecular weight is 183 g/mol. The van der Waals surface area contributed by atoms with Crippen LogP contribution in [0.5, 0.6) is 0 Å². The van der Waals surface area contributed by atoms with Gasteiger partial charge in [-0.1, -0.05) is 6.08 Å². The van der Waals surface area contributed by atoms with Gasteiger partial charge in [-0.3, -0.25) is 0 Å². The van der Waals surface area contributed by atoms with Gasteiger partial charge < -0.3 is 9.94 Å². The summed E-state index contributed by atoms with van der Waals surface area (Å²) in [5.41, 5.74) is 0. The summed E-state index contributed by atoms with van der Waals surface area (Å²) in [6.45, 7) is 0. The average Bonchev–Trinajstić information content (AvgIpc) is 2.52. The number of methoxy groups -OCH3 is 1. The lowest BCUT2D eigenvalue weighted by molar-refractivity contribution is -0.487.